The molecule has 31 heavy (non-hydrogen) atoms. The summed E-state index contributed by atoms with van der Waals surface area (Å²) >= 11 is 0. The minimum atomic E-state index is 0.0767. The molecule has 1 saturated carbocycles. The Kier molecular flexibility index (Phi) is 7.52. The van der Waals surface area contributed by atoms with Gasteiger partial charge in [-0.15, -0.1) is 0 Å². The van der Waals surface area contributed by atoms with Gasteiger partial charge < -0.3 is 15.5 Å². The van der Waals surface area contributed by atoms with Gasteiger partial charge in [0.1, 0.15) is 0 Å². The second-order valence-electron chi connectivity index (χ2n) is 8.87. The minimum absolute atomic E-state index is 0.0767. The van der Waals surface area contributed by atoms with Crippen molar-refractivity contribution in [3.63, 3.8) is 0 Å². The normalized spacial score (nSPS) is 18.2. The van der Waals surface area contributed by atoms with Crippen LogP contribution in [-0.2, 0) is 6.42 Å². The highest BCUT2D eigenvalue weighted by atomic mass is 16.2. The molecule has 2 aliphatic rings. The SMILES string of the molecule is CC(Nc1ncc(C(=O)N2CCCC2)c(CCNC2CCCCC2)n1)c1ccccc1. The van der Waals surface area contributed by atoms with Crippen molar-refractivity contribution < 1.29 is 4.79 Å². The fraction of sp³-hybridized carbons (Fsp3) is 0.560. The van der Waals surface area contributed by atoms with Gasteiger partial charge >= 0.3 is 0 Å². The van der Waals surface area contributed by atoms with Crippen LogP contribution in [0.1, 0.15) is 79.5 Å². The maximum absolute atomic E-state index is 13.1. The lowest BCUT2D eigenvalue weighted by Gasteiger charge is -2.23. The third-order valence-corrected chi connectivity index (χ3v) is 6.54. The molecule has 6 heteroatoms. The van der Waals surface area contributed by atoms with Gasteiger partial charge in [0.05, 0.1) is 17.3 Å². The summed E-state index contributed by atoms with van der Waals surface area (Å²) in [7, 11) is 0. The smallest absolute Gasteiger partial charge is 0.257 e. The van der Waals surface area contributed by atoms with Crippen LogP contribution in [0.15, 0.2) is 36.5 Å². The Hall–Kier alpha value is -2.47. The van der Waals surface area contributed by atoms with Crippen LogP contribution in [0.3, 0.4) is 0 Å². The number of nitrogens with zero attached hydrogens (tertiary/aromatic N) is 3. The second kappa shape index (κ2) is 10.7. The third-order valence-electron chi connectivity index (χ3n) is 6.54. The van der Waals surface area contributed by atoms with Gasteiger partial charge in [0.2, 0.25) is 5.95 Å². The van der Waals surface area contributed by atoms with Gasteiger partial charge in [0, 0.05) is 38.3 Å². The molecule has 2 aromatic rings. The summed E-state index contributed by atoms with van der Waals surface area (Å²) in [5, 5.41) is 7.09. The van der Waals surface area contributed by atoms with Gasteiger partial charge in [0.15, 0.2) is 0 Å². The van der Waals surface area contributed by atoms with Crippen molar-refractivity contribution in [3.8, 4) is 0 Å². The molecule has 0 bridgehead atoms. The first-order valence-corrected chi connectivity index (χ1v) is 11.9. The fourth-order valence-corrected chi connectivity index (χ4v) is 4.67. The number of amides is 1. The van der Waals surface area contributed by atoms with E-state index in [-0.39, 0.29) is 11.9 Å². The van der Waals surface area contributed by atoms with Crippen molar-refractivity contribution in [1.29, 1.82) is 0 Å². The first kappa shape index (κ1) is 21.8. The van der Waals surface area contributed by atoms with Gasteiger partial charge in [0.25, 0.3) is 5.91 Å². The summed E-state index contributed by atoms with van der Waals surface area (Å²) in [5.74, 6) is 0.662. The quantitative estimate of drug-likeness (QED) is 0.663. The molecule has 1 amide bonds. The predicted octanol–water partition coefficient (Wildman–Crippen LogP) is 4.35. The fourth-order valence-electron chi connectivity index (χ4n) is 4.67. The van der Waals surface area contributed by atoms with E-state index in [4.69, 9.17) is 4.98 Å². The molecule has 1 atom stereocenters. The first-order chi connectivity index (χ1) is 15.2. The van der Waals surface area contributed by atoms with E-state index in [9.17, 15) is 4.79 Å². The summed E-state index contributed by atoms with van der Waals surface area (Å²) in [5.41, 5.74) is 2.69. The van der Waals surface area contributed by atoms with Crippen LogP contribution in [0.4, 0.5) is 5.95 Å². The Morgan fingerprint density at radius 3 is 2.58 bits per heavy atom. The van der Waals surface area contributed by atoms with Gasteiger partial charge in [-0.3, -0.25) is 4.79 Å². The van der Waals surface area contributed by atoms with E-state index < -0.39 is 0 Å². The van der Waals surface area contributed by atoms with E-state index in [0.717, 1.165) is 44.6 Å². The molecule has 6 nitrogen and oxygen atoms in total. The van der Waals surface area contributed by atoms with Gasteiger partial charge in [-0.05, 0) is 38.2 Å². The summed E-state index contributed by atoms with van der Waals surface area (Å²) in [6.07, 6.45) is 11.1. The summed E-state index contributed by atoms with van der Waals surface area (Å²) < 4.78 is 0. The largest absolute Gasteiger partial charge is 0.348 e. The zero-order valence-corrected chi connectivity index (χ0v) is 18.6. The second-order valence-corrected chi connectivity index (χ2v) is 8.87. The zero-order valence-electron chi connectivity index (χ0n) is 18.6. The molecule has 2 fully saturated rings. The molecule has 1 aromatic heterocycles. The summed E-state index contributed by atoms with van der Waals surface area (Å²) in [6, 6.07) is 11.0. The molecule has 1 saturated heterocycles. The van der Waals surface area contributed by atoms with E-state index in [2.05, 4.69) is 34.7 Å². The number of nitrogens with one attached hydrogen (secondary N) is 2. The molecular weight excluding hydrogens is 386 g/mol. The maximum Gasteiger partial charge on any atom is 0.257 e. The van der Waals surface area contributed by atoms with E-state index in [1.807, 2.05) is 23.1 Å². The predicted molar refractivity (Wildman–Crippen MR) is 124 cm³/mol. The topological polar surface area (TPSA) is 70.2 Å². The molecule has 0 spiro atoms. The van der Waals surface area contributed by atoms with Crippen molar-refractivity contribution in [2.24, 2.45) is 0 Å². The number of carbonyl (C=O) groups is 1. The van der Waals surface area contributed by atoms with Crippen LogP contribution in [0.2, 0.25) is 0 Å². The average Bonchev–Trinajstić information content (AvgIpc) is 3.35. The number of carbonyl (C=O) groups excluding carboxylic acids is 1. The molecule has 1 aliphatic heterocycles. The number of hydrogen-bond donors (Lipinski definition) is 2. The molecule has 0 radical (unpaired) electrons. The number of hydrogen-bond acceptors (Lipinski definition) is 5. The van der Waals surface area contributed by atoms with E-state index in [0.29, 0.717) is 17.6 Å². The Morgan fingerprint density at radius 2 is 1.84 bits per heavy atom. The molecule has 4 rings (SSSR count). The Bertz CT molecular complexity index is 844. The van der Waals surface area contributed by atoms with Gasteiger partial charge in [-0.1, -0.05) is 49.6 Å². The average molecular weight is 422 g/mol. The Morgan fingerprint density at radius 1 is 1.10 bits per heavy atom. The Labute approximate surface area is 185 Å². The van der Waals surface area contributed by atoms with Crippen molar-refractivity contribution >= 4 is 11.9 Å². The van der Waals surface area contributed by atoms with Crippen molar-refractivity contribution in [2.45, 2.75) is 70.4 Å². The van der Waals surface area contributed by atoms with Crippen LogP contribution in [-0.4, -0.2) is 46.5 Å². The molecule has 1 aliphatic carbocycles. The van der Waals surface area contributed by atoms with Crippen LogP contribution >= 0.6 is 0 Å². The number of aromatic nitrogens is 2. The van der Waals surface area contributed by atoms with Gasteiger partial charge in [-0.2, -0.15) is 0 Å². The maximum atomic E-state index is 13.1. The molecule has 2 N–H and O–H groups in total. The molecule has 166 valence electrons. The molecule has 1 aromatic carbocycles. The highest BCUT2D eigenvalue weighted by molar-refractivity contribution is 5.95. The van der Waals surface area contributed by atoms with E-state index in [1.54, 1.807) is 6.20 Å². The highest BCUT2D eigenvalue weighted by Gasteiger charge is 2.24. The summed E-state index contributed by atoms with van der Waals surface area (Å²) in [6.45, 7) is 4.62. The van der Waals surface area contributed by atoms with Crippen molar-refractivity contribution in [1.82, 2.24) is 20.2 Å². The third kappa shape index (κ3) is 5.82. The molecule has 1 unspecified atom stereocenters. The number of anilines is 1. The number of rotatable bonds is 8. The highest BCUT2D eigenvalue weighted by Crippen LogP contribution is 2.21. The van der Waals surface area contributed by atoms with E-state index >= 15 is 0 Å². The zero-order chi connectivity index (χ0) is 21.5. The van der Waals surface area contributed by atoms with Crippen molar-refractivity contribution in [2.75, 3.05) is 25.0 Å². The van der Waals surface area contributed by atoms with Crippen LogP contribution in [0.5, 0.6) is 0 Å². The minimum Gasteiger partial charge on any atom is -0.348 e. The van der Waals surface area contributed by atoms with Crippen LogP contribution < -0.4 is 10.6 Å². The van der Waals surface area contributed by atoms with Gasteiger partial charge in [-0.25, -0.2) is 9.97 Å². The lowest BCUT2D eigenvalue weighted by molar-refractivity contribution is 0.0790. The lowest BCUT2D eigenvalue weighted by atomic mass is 9.95. The lowest BCUT2D eigenvalue weighted by Crippen LogP contribution is -2.33. The summed E-state index contributed by atoms with van der Waals surface area (Å²) in [4.78, 5) is 24.3. The molecule has 2 heterocycles. The standard InChI is InChI=1S/C25H35N5O/c1-19(20-10-4-2-5-11-20)28-25-27-18-22(24(31)30-16-8-9-17-30)23(29-25)14-15-26-21-12-6-3-7-13-21/h2,4-5,10-11,18-19,21,26H,3,6-9,12-17H2,1H3,(H,27,28,29). The number of benzene rings is 1. The van der Waals surface area contributed by atoms with E-state index in [1.165, 1.54) is 37.7 Å². The monoisotopic (exact) mass is 421 g/mol. The van der Waals surface area contributed by atoms with Crippen LogP contribution in [0.25, 0.3) is 0 Å². The number of likely N-dealkylation sites (tertiary alicyclic amines) is 1. The van der Waals surface area contributed by atoms with Crippen LogP contribution in [0, 0.1) is 0 Å². The molecular formula is C25H35N5O. The Balaban J connectivity index is 1.47. The van der Waals surface area contributed by atoms with Crippen molar-refractivity contribution in [3.05, 3.63) is 53.3 Å². The first-order valence-electron chi connectivity index (χ1n) is 11.9.